The normalized spacial score (nSPS) is 25.0. The second-order valence-corrected chi connectivity index (χ2v) is 5.93. The van der Waals surface area contributed by atoms with Gasteiger partial charge in [0, 0.05) is 13.1 Å². The molecule has 1 amide bonds. The highest BCUT2D eigenvalue weighted by atomic mass is 35.5. The molecule has 0 aromatic heterocycles. The molecule has 3 atom stereocenters. The van der Waals surface area contributed by atoms with Crippen LogP contribution in [0.5, 0.6) is 11.5 Å². The van der Waals surface area contributed by atoms with Crippen molar-refractivity contribution in [2.75, 3.05) is 26.2 Å². The van der Waals surface area contributed by atoms with Gasteiger partial charge >= 0.3 is 0 Å². The summed E-state index contributed by atoms with van der Waals surface area (Å²) < 4.78 is 17.4. The van der Waals surface area contributed by atoms with E-state index in [1.54, 1.807) is 4.90 Å². The molecule has 2 aliphatic heterocycles. The minimum Gasteiger partial charge on any atom is -0.486 e. The summed E-state index contributed by atoms with van der Waals surface area (Å²) in [4.78, 5) is 14.4. The molecule has 0 aliphatic carbocycles. The van der Waals surface area contributed by atoms with Gasteiger partial charge in [-0.25, -0.2) is 0 Å². The Labute approximate surface area is 148 Å². The number of carbonyl (C=O) groups is 1. The number of nitrogens with zero attached hydrogens (tertiary/aromatic N) is 1. The van der Waals surface area contributed by atoms with Crippen molar-refractivity contribution in [2.45, 2.75) is 38.1 Å². The minimum absolute atomic E-state index is 0. The fourth-order valence-corrected chi connectivity index (χ4v) is 3.04. The number of hydrogen-bond acceptors (Lipinski definition) is 5. The number of hydrogen-bond donors (Lipinski definition) is 1. The predicted molar refractivity (Wildman–Crippen MR) is 92.8 cm³/mol. The number of benzene rings is 1. The molecule has 1 fully saturated rings. The van der Waals surface area contributed by atoms with Crippen LogP contribution in [0.3, 0.4) is 0 Å². The van der Waals surface area contributed by atoms with E-state index >= 15 is 0 Å². The Morgan fingerprint density at radius 2 is 2.00 bits per heavy atom. The molecule has 1 saturated heterocycles. The van der Waals surface area contributed by atoms with Crippen LogP contribution in [0.4, 0.5) is 0 Å². The lowest BCUT2D eigenvalue weighted by Gasteiger charge is -2.32. The standard InChI is InChI=1S/C17H24N2O4.ClH/c1-2-19(17(20)16-8-7-12(9-18)22-16)10-13-11-21-14-5-3-4-6-15(14)23-13;/h3-6,12-13,16H,2,7-11,18H2,1H3;1H/t12-,13?,16+;/m1./s1. The summed E-state index contributed by atoms with van der Waals surface area (Å²) in [5.74, 6) is 1.50. The molecule has 134 valence electrons. The summed E-state index contributed by atoms with van der Waals surface area (Å²) in [7, 11) is 0. The number of likely N-dealkylation sites (N-methyl/N-ethyl adjacent to an activating group) is 1. The maximum Gasteiger partial charge on any atom is 0.251 e. The van der Waals surface area contributed by atoms with E-state index in [9.17, 15) is 4.79 Å². The summed E-state index contributed by atoms with van der Waals surface area (Å²) >= 11 is 0. The Bertz CT molecular complexity index is 557. The second kappa shape index (κ2) is 8.55. The number of nitrogens with two attached hydrogens (primary N) is 1. The van der Waals surface area contributed by atoms with E-state index in [-0.39, 0.29) is 36.6 Å². The Morgan fingerprint density at radius 3 is 2.67 bits per heavy atom. The van der Waals surface area contributed by atoms with E-state index in [1.165, 1.54) is 0 Å². The molecule has 6 nitrogen and oxygen atoms in total. The van der Waals surface area contributed by atoms with Crippen LogP contribution in [0.15, 0.2) is 24.3 Å². The van der Waals surface area contributed by atoms with Crippen molar-refractivity contribution in [3.05, 3.63) is 24.3 Å². The summed E-state index contributed by atoms with van der Waals surface area (Å²) in [6, 6.07) is 7.58. The Morgan fingerprint density at radius 1 is 1.25 bits per heavy atom. The van der Waals surface area contributed by atoms with Gasteiger partial charge in [-0.05, 0) is 31.9 Å². The van der Waals surface area contributed by atoms with Crippen molar-refractivity contribution in [2.24, 2.45) is 5.73 Å². The van der Waals surface area contributed by atoms with Crippen LogP contribution in [-0.2, 0) is 9.53 Å². The van der Waals surface area contributed by atoms with Gasteiger partial charge in [0.15, 0.2) is 17.6 Å². The topological polar surface area (TPSA) is 74.0 Å². The Balaban J connectivity index is 0.00000208. The van der Waals surface area contributed by atoms with Crippen molar-refractivity contribution in [3.8, 4) is 11.5 Å². The van der Waals surface area contributed by atoms with Gasteiger partial charge < -0.3 is 24.8 Å². The fraction of sp³-hybridized carbons (Fsp3) is 0.588. The molecule has 1 aromatic carbocycles. The first kappa shape index (κ1) is 18.8. The summed E-state index contributed by atoms with van der Waals surface area (Å²) in [5, 5.41) is 0. The number of carbonyl (C=O) groups excluding carboxylic acids is 1. The molecule has 3 rings (SSSR count). The molecule has 0 radical (unpaired) electrons. The SMILES string of the molecule is CCN(CC1COc2ccccc2O1)C(=O)[C@@H]1CC[C@H](CN)O1.Cl. The highest BCUT2D eigenvalue weighted by molar-refractivity contribution is 5.85. The lowest BCUT2D eigenvalue weighted by Crippen LogP contribution is -2.47. The van der Waals surface area contributed by atoms with Crippen LogP contribution < -0.4 is 15.2 Å². The van der Waals surface area contributed by atoms with E-state index in [1.807, 2.05) is 31.2 Å². The zero-order valence-electron chi connectivity index (χ0n) is 13.8. The highest BCUT2D eigenvalue weighted by Gasteiger charge is 2.34. The maximum atomic E-state index is 12.6. The quantitative estimate of drug-likeness (QED) is 0.867. The fourth-order valence-electron chi connectivity index (χ4n) is 3.04. The number of amides is 1. The third kappa shape index (κ3) is 4.12. The van der Waals surface area contributed by atoms with Gasteiger partial charge in [0.2, 0.25) is 0 Å². The Kier molecular flexibility index (Phi) is 6.71. The molecule has 0 saturated carbocycles. The molecule has 7 heteroatoms. The second-order valence-electron chi connectivity index (χ2n) is 5.93. The zero-order chi connectivity index (χ0) is 16.2. The molecule has 1 aromatic rings. The van der Waals surface area contributed by atoms with E-state index in [0.29, 0.717) is 26.2 Å². The van der Waals surface area contributed by atoms with Crippen molar-refractivity contribution in [1.82, 2.24) is 4.90 Å². The molecule has 2 heterocycles. The first-order valence-corrected chi connectivity index (χ1v) is 8.24. The number of para-hydroxylation sites is 2. The average molecular weight is 357 g/mol. The highest BCUT2D eigenvalue weighted by Crippen LogP contribution is 2.31. The summed E-state index contributed by atoms with van der Waals surface area (Å²) in [5.41, 5.74) is 5.61. The van der Waals surface area contributed by atoms with Crippen LogP contribution in [0, 0.1) is 0 Å². The molecule has 0 bridgehead atoms. The smallest absolute Gasteiger partial charge is 0.251 e. The number of ether oxygens (including phenoxy) is 3. The van der Waals surface area contributed by atoms with Gasteiger partial charge in [0.25, 0.3) is 5.91 Å². The Hall–Kier alpha value is -1.50. The molecule has 0 spiro atoms. The summed E-state index contributed by atoms with van der Waals surface area (Å²) in [6.45, 7) is 3.99. The number of rotatable bonds is 5. The van der Waals surface area contributed by atoms with Gasteiger partial charge in [-0.3, -0.25) is 4.79 Å². The van der Waals surface area contributed by atoms with Crippen molar-refractivity contribution >= 4 is 18.3 Å². The van der Waals surface area contributed by atoms with Gasteiger partial charge in [0.05, 0.1) is 12.6 Å². The molecule has 24 heavy (non-hydrogen) atoms. The molecular weight excluding hydrogens is 332 g/mol. The first-order chi connectivity index (χ1) is 11.2. The predicted octanol–water partition coefficient (Wildman–Crippen LogP) is 1.60. The van der Waals surface area contributed by atoms with Crippen LogP contribution >= 0.6 is 12.4 Å². The van der Waals surface area contributed by atoms with Crippen LogP contribution in [-0.4, -0.2) is 55.4 Å². The minimum atomic E-state index is -0.375. The monoisotopic (exact) mass is 356 g/mol. The number of fused-ring (bicyclic) bond motifs is 1. The van der Waals surface area contributed by atoms with Gasteiger partial charge in [0.1, 0.15) is 12.7 Å². The molecule has 2 aliphatic rings. The van der Waals surface area contributed by atoms with Crippen molar-refractivity contribution in [1.29, 1.82) is 0 Å². The molecule has 1 unspecified atom stereocenters. The zero-order valence-corrected chi connectivity index (χ0v) is 14.7. The van der Waals surface area contributed by atoms with Gasteiger partial charge in [-0.15, -0.1) is 12.4 Å². The largest absolute Gasteiger partial charge is 0.486 e. The van der Waals surface area contributed by atoms with Gasteiger partial charge in [-0.1, -0.05) is 12.1 Å². The van der Waals surface area contributed by atoms with Crippen LogP contribution in [0.1, 0.15) is 19.8 Å². The lowest BCUT2D eigenvalue weighted by atomic mass is 10.1. The van der Waals surface area contributed by atoms with Gasteiger partial charge in [-0.2, -0.15) is 0 Å². The number of halogens is 1. The van der Waals surface area contributed by atoms with Crippen LogP contribution in [0.25, 0.3) is 0 Å². The third-order valence-electron chi connectivity index (χ3n) is 4.33. The van der Waals surface area contributed by atoms with Crippen molar-refractivity contribution in [3.63, 3.8) is 0 Å². The van der Waals surface area contributed by atoms with E-state index in [4.69, 9.17) is 19.9 Å². The van der Waals surface area contributed by atoms with E-state index in [0.717, 1.165) is 24.3 Å². The third-order valence-corrected chi connectivity index (χ3v) is 4.33. The molecular formula is C17H25ClN2O4. The van der Waals surface area contributed by atoms with Crippen LogP contribution in [0.2, 0.25) is 0 Å². The molecule has 2 N–H and O–H groups in total. The average Bonchev–Trinajstić information content (AvgIpc) is 3.08. The summed E-state index contributed by atoms with van der Waals surface area (Å²) in [6.07, 6.45) is 1.05. The maximum absolute atomic E-state index is 12.6. The van der Waals surface area contributed by atoms with E-state index < -0.39 is 0 Å². The van der Waals surface area contributed by atoms with E-state index in [2.05, 4.69) is 0 Å². The first-order valence-electron chi connectivity index (χ1n) is 8.24. The lowest BCUT2D eigenvalue weighted by molar-refractivity contribution is -0.144. The van der Waals surface area contributed by atoms with Crippen molar-refractivity contribution < 1.29 is 19.0 Å².